The van der Waals surface area contributed by atoms with Gasteiger partial charge in [-0.1, -0.05) is 59.9 Å². The number of thiazole rings is 1. The zero-order chi connectivity index (χ0) is 26.1. The first kappa shape index (κ1) is 23.3. The maximum atomic E-state index is 13.3. The molecular weight excluding hydrogens is 502 g/mol. The Labute approximate surface area is 219 Å². The number of urea groups is 1. The van der Waals surface area contributed by atoms with Gasteiger partial charge in [0.25, 0.3) is 0 Å². The Balaban J connectivity index is 1.34. The molecule has 0 fully saturated rings. The molecule has 0 aliphatic heterocycles. The number of carbonyl (C=O) groups excluding carboxylic acids is 1. The van der Waals surface area contributed by atoms with E-state index in [9.17, 15) is 14.7 Å². The first-order valence-corrected chi connectivity index (χ1v) is 12.4. The van der Waals surface area contributed by atoms with E-state index in [0.29, 0.717) is 38.1 Å². The number of hydrogen-bond acceptors (Lipinski definition) is 7. The molecule has 186 valence electrons. The summed E-state index contributed by atoms with van der Waals surface area (Å²) in [5.41, 5.74) is 1.31. The van der Waals surface area contributed by atoms with Crippen LogP contribution in [0.15, 0.2) is 106 Å². The maximum Gasteiger partial charge on any atom is 0.325 e. The Hall–Kier alpha value is -5.15. The molecule has 3 N–H and O–H groups in total. The Morgan fingerprint density at radius 3 is 2.39 bits per heavy atom. The summed E-state index contributed by atoms with van der Waals surface area (Å²) >= 11 is 1.12. The van der Waals surface area contributed by atoms with Gasteiger partial charge in [0.05, 0.1) is 15.6 Å². The summed E-state index contributed by atoms with van der Waals surface area (Å²) in [7, 11) is 0. The fourth-order valence-corrected chi connectivity index (χ4v) is 5.00. The highest BCUT2D eigenvalue weighted by atomic mass is 32.1. The van der Waals surface area contributed by atoms with Crippen LogP contribution in [-0.2, 0) is 0 Å². The van der Waals surface area contributed by atoms with Crippen molar-refractivity contribution in [2.24, 2.45) is 0 Å². The van der Waals surface area contributed by atoms with Gasteiger partial charge in [0.1, 0.15) is 17.1 Å². The molecule has 8 nitrogen and oxygen atoms in total. The second kappa shape index (κ2) is 9.72. The molecule has 0 spiro atoms. The number of benzene rings is 4. The number of fused-ring (bicyclic) bond motifs is 3. The molecule has 0 atom stereocenters. The molecule has 0 aliphatic carbocycles. The third-order valence-corrected chi connectivity index (χ3v) is 6.72. The van der Waals surface area contributed by atoms with E-state index >= 15 is 0 Å². The van der Waals surface area contributed by atoms with Crippen molar-refractivity contribution in [3.63, 3.8) is 0 Å². The van der Waals surface area contributed by atoms with Crippen molar-refractivity contribution < 1.29 is 19.1 Å². The number of nitrogens with zero attached hydrogens (tertiary/aromatic N) is 1. The van der Waals surface area contributed by atoms with Crippen molar-refractivity contribution >= 4 is 49.4 Å². The van der Waals surface area contributed by atoms with Crippen molar-refractivity contribution in [1.29, 1.82) is 0 Å². The lowest BCUT2D eigenvalue weighted by atomic mass is 10.1. The number of rotatable bonds is 5. The van der Waals surface area contributed by atoms with Crippen LogP contribution in [0, 0.1) is 0 Å². The number of aromatic hydroxyl groups is 1. The van der Waals surface area contributed by atoms with Gasteiger partial charge >= 0.3 is 6.03 Å². The molecule has 0 bridgehead atoms. The average Bonchev–Trinajstić information content (AvgIpc) is 3.34. The van der Waals surface area contributed by atoms with Gasteiger partial charge in [0.15, 0.2) is 10.9 Å². The molecule has 2 aromatic heterocycles. The van der Waals surface area contributed by atoms with Crippen LogP contribution in [0.1, 0.15) is 0 Å². The molecule has 6 rings (SSSR count). The SMILES string of the molecule is O=C(Nc1ccccc1)Nc1nc2ccc3oc(-c4cccc(Oc5ccccc5)c4)c(O)c(=O)c3c2s1. The van der Waals surface area contributed by atoms with Gasteiger partial charge in [-0.2, -0.15) is 0 Å². The molecule has 6 aromatic rings. The number of amides is 2. The lowest BCUT2D eigenvalue weighted by Crippen LogP contribution is -2.19. The predicted molar refractivity (Wildman–Crippen MR) is 148 cm³/mol. The number of ether oxygens (including phenoxy) is 1. The van der Waals surface area contributed by atoms with Gasteiger partial charge in [0, 0.05) is 11.3 Å². The van der Waals surface area contributed by atoms with Crippen LogP contribution < -0.4 is 20.8 Å². The molecule has 0 unspecified atom stereocenters. The van der Waals surface area contributed by atoms with Crippen molar-refractivity contribution in [2.75, 3.05) is 10.6 Å². The molecule has 38 heavy (non-hydrogen) atoms. The summed E-state index contributed by atoms with van der Waals surface area (Å²) in [6.45, 7) is 0. The number of anilines is 2. The fourth-order valence-electron chi connectivity index (χ4n) is 4.01. The standard InChI is InChI=1S/C29H19N3O5S/c33-24-23-22(15-14-21-27(23)38-29(31-21)32-28(35)30-18-9-3-1-4-10-18)37-26(25(24)34)17-8-7-13-20(16-17)36-19-11-5-2-6-12-19/h1-16,34H,(H2,30,31,32,35). The maximum absolute atomic E-state index is 13.3. The molecule has 2 amide bonds. The van der Waals surface area contributed by atoms with E-state index in [0.717, 1.165) is 11.3 Å². The van der Waals surface area contributed by atoms with Gasteiger partial charge in [-0.25, -0.2) is 9.78 Å². The molecule has 0 saturated heterocycles. The summed E-state index contributed by atoms with van der Waals surface area (Å²) in [5.74, 6) is 0.693. The highest BCUT2D eigenvalue weighted by molar-refractivity contribution is 7.23. The van der Waals surface area contributed by atoms with E-state index in [2.05, 4.69) is 15.6 Å². The largest absolute Gasteiger partial charge is 0.502 e. The van der Waals surface area contributed by atoms with Crippen LogP contribution in [0.4, 0.5) is 15.6 Å². The molecule has 4 aromatic carbocycles. The van der Waals surface area contributed by atoms with Crippen LogP contribution in [0.5, 0.6) is 17.2 Å². The van der Waals surface area contributed by atoms with Crippen LogP contribution in [0.3, 0.4) is 0 Å². The monoisotopic (exact) mass is 521 g/mol. The molecule has 0 aliphatic rings. The summed E-state index contributed by atoms with van der Waals surface area (Å²) < 4.78 is 12.4. The Morgan fingerprint density at radius 2 is 1.61 bits per heavy atom. The Morgan fingerprint density at radius 1 is 0.868 bits per heavy atom. The molecule has 9 heteroatoms. The van der Waals surface area contributed by atoms with Gasteiger partial charge in [-0.15, -0.1) is 0 Å². The van der Waals surface area contributed by atoms with Crippen molar-refractivity contribution in [2.45, 2.75) is 0 Å². The van der Waals surface area contributed by atoms with Gasteiger partial charge < -0.3 is 19.6 Å². The van der Waals surface area contributed by atoms with Gasteiger partial charge in [-0.05, 0) is 48.5 Å². The van der Waals surface area contributed by atoms with E-state index < -0.39 is 17.2 Å². The first-order valence-electron chi connectivity index (χ1n) is 11.6. The van der Waals surface area contributed by atoms with E-state index in [1.165, 1.54) is 0 Å². The summed E-state index contributed by atoms with van der Waals surface area (Å²) in [5, 5.41) is 16.8. The van der Waals surface area contributed by atoms with E-state index in [-0.39, 0.29) is 16.7 Å². The minimum Gasteiger partial charge on any atom is -0.502 e. The van der Waals surface area contributed by atoms with Crippen molar-refractivity contribution in [3.8, 4) is 28.6 Å². The minimum absolute atomic E-state index is 0.0328. The third-order valence-electron chi connectivity index (χ3n) is 5.72. The number of hydrogen-bond donors (Lipinski definition) is 3. The summed E-state index contributed by atoms with van der Waals surface area (Å²) in [6, 6.07) is 28.1. The molecule has 0 radical (unpaired) electrons. The normalized spacial score (nSPS) is 10.9. The lowest BCUT2D eigenvalue weighted by Gasteiger charge is -2.09. The van der Waals surface area contributed by atoms with E-state index in [1.54, 1.807) is 48.5 Å². The van der Waals surface area contributed by atoms with Gasteiger partial charge in [-0.3, -0.25) is 10.1 Å². The summed E-state index contributed by atoms with van der Waals surface area (Å²) in [4.78, 5) is 30.1. The molecule has 2 heterocycles. The third kappa shape index (κ3) is 4.54. The zero-order valence-corrected chi connectivity index (χ0v) is 20.5. The van der Waals surface area contributed by atoms with Crippen LogP contribution >= 0.6 is 11.3 Å². The lowest BCUT2D eigenvalue weighted by molar-refractivity contribution is 0.262. The first-order chi connectivity index (χ1) is 18.5. The fraction of sp³-hybridized carbons (Fsp3) is 0. The number of nitrogens with one attached hydrogen (secondary N) is 2. The number of para-hydroxylation sites is 2. The van der Waals surface area contributed by atoms with Crippen molar-refractivity contribution in [1.82, 2.24) is 4.98 Å². The van der Waals surface area contributed by atoms with Gasteiger partial charge in [0.2, 0.25) is 11.2 Å². The zero-order valence-electron chi connectivity index (χ0n) is 19.7. The second-order valence-electron chi connectivity index (χ2n) is 8.30. The topological polar surface area (TPSA) is 114 Å². The number of aromatic nitrogens is 1. The summed E-state index contributed by atoms with van der Waals surface area (Å²) in [6.07, 6.45) is 0. The second-order valence-corrected chi connectivity index (χ2v) is 9.30. The van der Waals surface area contributed by atoms with E-state index in [1.807, 2.05) is 48.5 Å². The van der Waals surface area contributed by atoms with Crippen LogP contribution in [0.25, 0.3) is 32.5 Å². The van der Waals surface area contributed by atoms with E-state index in [4.69, 9.17) is 9.15 Å². The number of carbonyl (C=O) groups is 1. The Kier molecular flexibility index (Phi) is 5.95. The minimum atomic E-state index is -0.592. The quantitative estimate of drug-likeness (QED) is 0.221. The highest BCUT2D eigenvalue weighted by Crippen LogP contribution is 2.37. The predicted octanol–water partition coefficient (Wildman–Crippen LogP) is 7.21. The van der Waals surface area contributed by atoms with Crippen LogP contribution in [-0.4, -0.2) is 16.1 Å². The van der Waals surface area contributed by atoms with Crippen molar-refractivity contribution in [3.05, 3.63) is 107 Å². The van der Waals surface area contributed by atoms with Crippen LogP contribution in [0.2, 0.25) is 0 Å². The Bertz CT molecular complexity index is 1850. The molecule has 0 saturated carbocycles. The molecular formula is C29H19N3O5S. The highest BCUT2D eigenvalue weighted by Gasteiger charge is 2.20. The smallest absolute Gasteiger partial charge is 0.325 e. The average molecular weight is 522 g/mol.